The minimum atomic E-state index is -2.76. The highest BCUT2D eigenvalue weighted by molar-refractivity contribution is 7.91. The van der Waals surface area contributed by atoms with E-state index in [2.05, 4.69) is 24.2 Å². The largest absolute Gasteiger partial charge is 0.314 e. The summed E-state index contributed by atoms with van der Waals surface area (Å²) in [6.07, 6.45) is 6.89. The molecule has 0 aromatic rings. The second-order valence-corrected chi connectivity index (χ2v) is 8.41. The quantitative estimate of drug-likeness (QED) is 0.831. The predicted octanol–water partition coefficient (Wildman–Crippen LogP) is 1.42. The summed E-state index contributed by atoms with van der Waals surface area (Å²) in [4.78, 5) is 2.35. The van der Waals surface area contributed by atoms with Crippen LogP contribution in [-0.2, 0) is 9.84 Å². The maximum atomic E-state index is 11.6. The summed E-state index contributed by atoms with van der Waals surface area (Å²) in [5, 5.41) is 3.60. The lowest BCUT2D eigenvalue weighted by atomic mass is 9.89. The molecule has 0 bridgehead atoms. The lowest BCUT2D eigenvalue weighted by molar-refractivity contribution is 0.137. The van der Waals surface area contributed by atoms with Gasteiger partial charge in [0.15, 0.2) is 9.84 Å². The second-order valence-electron chi connectivity index (χ2n) is 6.18. The minimum Gasteiger partial charge on any atom is -0.314 e. The van der Waals surface area contributed by atoms with Gasteiger partial charge in [0, 0.05) is 18.1 Å². The van der Waals surface area contributed by atoms with E-state index < -0.39 is 9.84 Å². The average Bonchev–Trinajstić information content (AvgIpc) is 2.76. The first kappa shape index (κ1) is 15.3. The molecule has 1 atom stereocenters. The molecular weight excluding hydrogens is 260 g/mol. The van der Waals surface area contributed by atoms with Crippen LogP contribution < -0.4 is 5.32 Å². The third kappa shape index (κ3) is 4.17. The smallest absolute Gasteiger partial charge is 0.151 e. The monoisotopic (exact) mass is 288 g/mol. The number of rotatable bonds is 5. The van der Waals surface area contributed by atoms with Crippen LogP contribution in [0.3, 0.4) is 0 Å². The Hall–Kier alpha value is -0.130. The normalized spacial score (nSPS) is 34.8. The summed E-state index contributed by atoms with van der Waals surface area (Å²) < 4.78 is 23.1. The van der Waals surface area contributed by atoms with Gasteiger partial charge in [0.2, 0.25) is 0 Å². The molecular formula is C14H28N2O2S. The Morgan fingerprint density at radius 2 is 1.79 bits per heavy atom. The lowest BCUT2D eigenvalue weighted by Crippen LogP contribution is -2.45. The van der Waals surface area contributed by atoms with Crippen molar-refractivity contribution in [2.24, 2.45) is 0 Å². The Kier molecular flexibility index (Phi) is 5.26. The van der Waals surface area contributed by atoms with Crippen LogP contribution >= 0.6 is 0 Å². The molecule has 112 valence electrons. The van der Waals surface area contributed by atoms with Crippen molar-refractivity contribution >= 4 is 9.84 Å². The molecule has 1 aliphatic carbocycles. The van der Waals surface area contributed by atoms with Gasteiger partial charge in [0.05, 0.1) is 11.5 Å². The van der Waals surface area contributed by atoms with E-state index in [0.717, 1.165) is 13.0 Å². The van der Waals surface area contributed by atoms with Crippen LogP contribution in [0.25, 0.3) is 0 Å². The summed E-state index contributed by atoms with van der Waals surface area (Å²) in [5.74, 6) is 0.757. The number of hydrogen-bond acceptors (Lipinski definition) is 4. The molecule has 0 amide bonds. The molecule has 2 rings (SSSR count). The molecule has 1 saturated heterocycles. The van der Waals surface area contributed by atoms with Crippen molar-refractivity contribution in [3.8, 4) is 0 Å². The first-order chi connectivity index (χ1) is 9.02. The fourth-order valence-corrected chi connectivity index (χ4v) is 5.22. The van der Waals surface area contributed by atoms with E-state index in [-0.39, 0.29) is 6.04 Å². The SMILES string of the molecule is CCCNC1CCC(N(C)C2CCS(=O)(=O)C2)CC1. The van der Waals surface area contributed by atoms with Crippen LogP contribution in [-0.4, -0.2) is 56.5 Å². The molecule has 1 unspecified atom stereocenters. The number of nitrogens with one attached hydrogen (secondary N) is 1. The minimum absolute atomic E-state index is 0.259. The van der Waals surface area contributed by atoms with Gasteiger partial charge in [-0.3, -0.25) is 4.90 Å². The van der Waals surface area contributed by atoms with Crippen molar-refractivity contribution in [1.82, 2.24) is 10.2 Å². The third-order valence-electron chi connectivity index (χ3n) is 4.74. The van der Waals surface area contributed by atoms with Gasteiger partial charge in [-0.15, -0.1) is 0 Å². The van der Waals surface area contributed by atoms with E-state index >= 15 is 0 Å². The van der Waals surface area contributed by atoms with Crippen LogP contribution in [0.15, 0.2) is 0 Å². The molecule has 2 fully saturated rings. The molecule has 19 heavy (non-hydrogen) atoms. The van der Waals surface area contributed by atoms with Crippen LogP contribution in [0.2, 0.25) is 0 Å². The first-order valence-corrected chi connectivity index (χ1v) is 9.49. The van der Waals surface area contributed by atoms with E-state index in [4.69, 9.17) is 0 Å². The molecule has 2 aliphatic rings. The van der Waals surface area contributed by atoms with E-state index in [1.807, 2.05) is 0 Å². The number of nitrogens with zero attached hydrogens (tertiary/aromatic N) is 1. The standard InChI is InChI=1S/C14H28N2O2S/c1-3-9-15-12-4-6-13(7-5-12)16(2)14-8-10-19(17,18)11-14/h12-15H,3-11H2,1-2H3. The van der Waals surface area contributed by atoms with Gasteiger partial charge in [0.1, 0.15) is 0 Å². The van der Waals surface area contributed by atoms with Crippen molar-refractivity contribution in [3.05, 3.63) is 0 Å². The molecule has 0 spiro atoms. The van der Waals surface area contributed by atoms with Crippen LogP contribution in [0, 0.1) is 0 Å². The molecule has 1 N–H and O–H groups in total. The maximum absolute atomic E-state index is 11.6. The Bertz CT molecular complexity index is 375. The van der Waals surface area contributed by atoms with Crippen molar-refractivity contribution < 1.29 is 8.42 Å². The zero-order chi connectivity index (χ0) is 13.9. The fraction of sp³-hybridized carbons (Fsp3) is 1.00. The fourth-order valence-electron chi connectivity index (χ4n) is 3.43. The van der Waals surface area contributed by atoms with Crippen molar-refractivity contribution in [2.75, 3.05) is 25.1 Å². The zero-order valence-electron chi connectivity index (χ0n) is 12.3. The van der Waals surface area contributed by atoms with E-state index in [1.165, 1.54) is 32.1 Å². The van der Waals surface area contributed by atoms with Crippen LogP contribution in [0.4, 0.5) is 0 Å². The summed E-state index contributed by atoms with van der Waals surface area (Å²) in [6.45, 7) is 3.32. The summed E-state index contributed by atoms with van der Waals surface area (Å²) in [6, 6.07) is 1.52. The highest BCUT2D eigenvalue weighted by Gasteiger charge is 2.34. The van der Waals surface area contributed by atoms with Gasteiger partial charge >= 0.3 is 0 Å². The van der Waals surface area contributed by atoms with Crippen molar-refractivity contribution in [2.45, 2.75) is 63.6 Å². The van der Waals surface area contributed by atoms with Gasteiger partial charge in [-0.25, -0.2) is 8.42 Å². The predicted molar refractivity (Wildman–Crippen MR) is 79.2 cm³/mol. The van der Waals surface area contributed by atoms with Crippen molar-refractivity contribution in [3.63, 3.8) is 0 Å². The Morgan fingerprint density at radius 3 is 2.32 bits per heavy atom. The highest BCUT2D eigenvalue weighted by Crippen LogP contribution is 2.27. The summed E-state index contributed by atoms with van der Waals surface area (Å²) >= 11 is 0. The molecule has 0 aromatic carbocycles. The molecule has 5 heteroatoms. The highest BCUT2D eigenvalue weighted by atomic mass is 32.2. The zero-order valence-corrected chi connectivity index (χ0v) is 13.1. The molecule has 4 nitrogen and oxygen atoms in total. The lowest BCUT2D eigenvalue weighted by Gasteiger charge is -2.37. The van der Waals surface area contributed by atoms with E-state index in [1.54, 1.807) is 0 Å². The van der Waals surface area contributed by atoms with Crippen molar-refractivity contribution in [1.29, 1.82) is 0 Å². The van der Waals surface area contributed by atoms with Crippen LogP contribution in [0.1, 0.15) is 45.4 Å². The summed E-state index contributed by atoms with van der Waals surface area (Å²) in [7, 11) is -0.635. The molecule has 0 aromatic heterocycles. The number of hydrogen-bond donors (Lipinski definition) is 1. The maximum Gasteiger partial charge on any atom is 0.151 e. The van der Waals surface area contributed by atoms with Gasteiger partial charge in [0.25, 0.3) is 0 Å². The van der Waals surface area contributed by atoms with Gasteiger partial charge in [-0.1, -0.05) is 6.92 Å². The van der Waals surface area contributed by atoms with Crippen LogP contribution in [0.5, 0.6) is 0 Å². The Balaban J connectivity index is 1.78. The topological polar surface area (TPSA) is 49.4 Å². The second kappa shape index (κ2) is 6.55. The Morgan fingerprint density at radius 1 is 1.11 bits per heavy atom. The molecule has 1 heterocycles. The van der Waals surface area contributed by atoms with Gasteiger partial charge in [-0.2, -0.15) is 0 Å². The molecule has 0 radical (unpaired) electrons. The molecule has 1 aliphatic heterocycles. The van der Waals surface area contributed by atoms with Gasteiger partial charge < -0.3 is 5.32 Å². The average molecular weight is 288 g/mol. The van der Waals surface area contributed by atoms with E-state index in [9.17, 15) is 8.42 Å². The Labute approximate surface area is 117 Å². The number of sulfone groups is 1. The van der Waals surface area contributed by atoms with Gasteiger partial charge in [-0.05, 0) is 52.1 Å². The summed E-state index contributed by atoms with van der Waals surface area (Å²) in [5.41, 5.74) is 0. The third-order valence-corrected chi connectivity index (χ3v) is 6.49. The molecule has 1 saturated carbocycles. The first-order valence-electron chi connectivity index (χ1n) is 7.67. The van der Waals surface area contributed by atoms with E-state index in [0.29, 0.717) is 23.6 Å².